The summed E-state index contributed by atoms with van der Waals surface area (Å²) in [6.45, 7) is 3.69. The molecule has 3 aromatic carbocycles. The first-order chi connectivity index (χ1) is 15.8. The molecule has 0 aliphatic carbocycles. The number of ether oxygens (including phenoxy) is 1. The number of amides is 1. The summed E-state index contributed by atoms with van der Waals surface area (Å²) >= 11 is 0. The maximum atomic E-state index is 13.2. The molecule has 1 unspecified atom stereocenters. The number of rotatable bonds is 4. The van der Waals surface area contributed by atoms with Gasteiger partial charge in [-0.1, -0.05) is 30.3 Å². The second-order valence-corrected chi connectivity index (χ2v) is 9.83. The number of para-hydroxylation sites is 1. The van der Waals surface area contributed by atoms with E-state index in [9.17, 15) is 13.2 Å². The number of sulfonamides is 1. The molecule has 5 rings (SSSR count). The van der Waals surface area contributed by atoms with Gasteiger partial charge in [0.05, 0.1) is 17.1 Å². The molecule has 0 fully saturated rings. The summed E-state index contributed by atoms with van der Waals surface area (Å²) in [6, 6.07) is 21.8. The zero-order chi connectivity index (χ0) is 23.2. The van der Waals surface area contributed by atoms with Crippen molar-refractivity contribution in [3.8, 4) is 17.0 Å². The summed E-state index contributed by atoms with van der Waals surface area (Å²) in [5.74, 6) is 0.323. The second kappa shape index (κ2) is 7.97. The smallest absolute Gasteiger partial charge is 0.261 e. The minimum Gasteiger partial charge on any atom is -0.487 e. The monoisotopic (exact) mass is 461 g/mol. The highest BCUT2D eigenvalue weighted by Crippen LogP contribution is 2.36. The average Bonchev–Trinajstić information content (AvgIpc) is 3.22. The van der Waals surface area contributed by atoms with Gasteiger partial charge in [-0.2, -0.15) is 0 Å². The van der Waals surface area contributed by atoms with Crippen LogP contribution in [-0.4, -0.2) is 32.0 Å². The van der Waals surface area contributed by atoms with Gasteiger partial charge in [0.25, 0.3) is 10.0 Å². The number of nitrogens with zero attached hydrogens (tertiary/aromatic N) is 1. The third kappa shape index (κ3) is 4.05. The summed E-state index contributed by atoms with van der Waals surface area (Å²) in [5, 5.41) is 1.08. The van der Waals surface area contributed by atoms with Crippen molar-refractivity contribution in [2.24, 2.45) is 0 Å². The molecule has 7 nitrogen and oxygen atoms in total. The zero-order valence-electron chi connectivity index (χ0n) is 18.2. The number of aromatic amines is 1. The Morgan fingerprint density at radius 3 is 2.67 bits per heavy atom. The lowest BCUT2D eigenvalue weighted by molar-refractivity contribution is -0.117. The number of hydrogen-bond donors (Lipinski definition) is 2. The number of hydrogen-bond acceptors (Lipinski definition) is 4. The van der Waals surface area contributed by atoms with Gasteiger partial charge in [0.15, 0.2) is 0 Å². The van der Waals surface area contributed by atoms with Crippen LogP contribution >= 0.6 is 0 Å². The summed E-state index contributed by atoms with van der Waals surface area (Å²) < 4.78 is 34.7. The molecule has 2 heterocycles. The number of anilines is 2. The Balaban J connectivity index is 1.46. The Hall–Kier alpha value is -3.78. The molecule has 1 aliphatic heterocycles. The van der Waals surface area contributed by atoms with E-state index in [1.807, 2.05) is 43.3 Å². The number of aromatic nitrogens is 1. The highest BCUT2D eigenvalue weighted by molar-refractivity contribution is 7.92. The van der Waals surface area contributed by atoms with Gasteiger partial charge in [-0.3, -0.25) is 9.52 Å². The van der Waals surface area contributed by atoms with Crippen LogP contribution in [0.2, 0.25) is 0 Å². The van der Waals surface area contributed by atoms with Crippen molar-refractivity contribution in [3.63, 3.8) is 0 Å². The summed E-state index contributed by atoms with van der Waals surface area (Å²) in [6.07, 6.45) is -0.172. The normalized spacial score (nSPS) is 15.7. The van der Waals surface area contributed by atoms with E-state index in [1.54, 1.807) is 29.2 Å². The van der Waals surface area contributed by atoms with Crippen molar-refractivity contribution in [2.45, 2.75) is 24.8 Å². The minimum atomic E-state index is -3.89. The first kappa shape index (κ1) is 21.1. The fourth-order valence-electron chi connectivity index (χ4n) is 4.08. The van der Waals surface area contributed by atoms with Gasteiger partial charge < -0.3 is 14.6 Å². The Morgan fingerprint density at radius 1 is 1.06 bits per heavy atom. The molecule has 1 aliphatic rings. The molecule has 4 aromatic rings. The van der Waals surface area contributed by atoms with E-state index >= 15 is 0 Å². The van der Waals surface area contributed by atoms with Crippen LogP contribution in [0.25, 0.3) is 22.2 Å². The number of benzene rings is 3. The van der Waals surface area contributed by atoms with Gasteiger partial charge in [-0.05, 0) is 49.4 Å². The SMILES string of the molecule is CC(=O)N1CC(C)Oc2ccc(S(=O)(=O)Nc3cccc(-c4cc5ccccc5[nH]4)c3)cc21. The Labute approximate surface area is 192 Å². The highest BCUT2D eigenvalue weighted by Gasteiger charge is 2.28. The van der Waals surface area contributed by atoms with E-state index in [4.69, 9.17) is 4.74 Å². The first-order valence-electron chi connectivity index (χ1n) is 10.6. The molecule has 33 heavy (non-hydrogen) atoms. The Bertz CT molecular complexity index is 1440. The lowest BCUT2D eigenvalue weighted by Crippen LogP contribution is -2.41. The van der Waals surface area contributed by atoms with Crippen LogP contribution in [0.15, 0.2) is 77.7 Å². The molecular formula is C25H23N3O4S. The lowest BCUT2D eigenvalue weighted by Gasteiger charge is -2.33. The predicted octanol–water partition coefficient (Wildman–Crippen LogP) is 4.77. The Kier molecular flexibility index (Phi) is 5.09. The average molecular weight is 462 g/mol. The zero-order valence-corrected chi connectivity index (χ0v) is 19.0. The summed E-state index contributed by atoms with van der Waals surface area (Å²) in [7, 11) is -3.89. The van der Waals surface area contributed by atoms with Crippen LogP contribution in [-0.2, 0) is 14.8 Å². The van der Waals surface area contributed by atoms with Crippen LogP contribution in [0, 0.1) is 0 Å². The molecule has 1 atom stereocenters. The quantitative estimate of drug-likeness (QED) is 0.458. The topological polar surface area (TPSA) is 91.5 Å². The third-order valence-corrected chi connectivity index (χ3v) is 7.01. The van der Waals surface area contributed by atoms with Gasteiger partial charge >= 0.3 is 0 Å². The molecular weight excluding hydrogens is 438 g/mol. The minimum absolute atomic E-state index is 0.0571. The number of carbonyl (C=O) groups is 1. The van der Waals surface area contributed by atoms with Gasteiger partial charge in [0.2, 0.25) is 5.91 Å². The second-order valence-electron chi connectivity index (χ2n) is 8.14. The van der Waals surface area contributed by atoms with Gasteiger partial charge in [0.1, 0.15) is 11.9 Å². The fraction of sp³-hybridized carbons (Fsp3) is 0.160. The molecule has 0 saturated carbocycles. The van der Waals surface area contributed by atoms with E-state index < -0.39 is 10.0 Å². The molecule has 0 spiro atoms. The van der Waals surface area contributed by atoms with Gasteiger partial charge in [0, 0.05) is 34.8 Å². The van der Waals surface area contributed by atoms with Crippen LogP contribution in [0.4, 0.5) is 11.4 Å². The third-order valence-electron chi connectivity index (χ3n) is 5.64. The summed E-state index contributed by atoms with van der Waals surface area (Å²) in [5.41, 5.74) is 3.67. The molecule has 1 aromatic heterocycles. The van der Waals surface area contributed by atoms with Crippen LogP contribution in [0.3, 0.4) is 0 Å². The molecule has 8 heteroatoms. The highest BCUT2D eigenvalue weighted by atomic mass is 32.2. The van der Waals surface area contributed by atoms with Crippen molar-refractivity contribution in [1.82, 2.24) is 4.98 Å². The van der Waals surface area contributed by atoms with Crippen molar-refractivity contribution >= 4 is 38.2 Å². The van der Waals surface area contributed by atoms with Crippen LogP contribution in [0.5, 0.6) is 5.75 Å². The van der Waals surface area contributed by atoms with E-state index in [-0.39, 0.29) is 16.9 Å². The van der Waals surface area contributed by atoms with E-state index in [0.29, 0.717) is 23.7 Å². The van der Waals surface area contributed by atoms with E-state index in [2.05, 4.69) is 9.71 Å². The number of fused-ring (bicyclic) bond motifs is 2. The van der Waals surface area contributed by atoms with Crippen LogP contribution in [0.1, 0.15) is 13.8 Å². The van der Waals surface area contributed by atoms with Crippen molar-refractivity contribution in [2.75, 3.05) is 16.2 Å². The molecule has 2 N–H and O–H groups in total. The largest absolute Gasteiger partial charge is 0.487 e. The summed E-state index contributed by atoms with van der Waals surface area (Å²) in [4.78, 5) is 17.1. The first-order valence-corrected chi connectivity index (χ1v) is 12.1. The fourth-order valence-corrected chi connectivity index (χ4v) is 5.14. The molecule has 0 radical (unpaired) electrons. The molecule has 0 bridgehead atoms. The van der Waals surface area contributed by atoms with E-state index in [1.165, 1.54) is 19.1 Å². The maximum absolute atomic E-state index is 13.2. The number of H-pyrrole nitrogens is 1. The standard InChI is InChI=1S/C25H23N3O4S/c1-16-15-28(17(2)29)24-14-21(10-11-25(24)32-16)33(30,31)27-20-8-5-7-18(12-20)23-13-19-6-3-4-9-22(19)26-23/h3-14,16,26-27H,15H2,1-2H3. The van der Waals surface area contributed by atoms with Gasteiger partial charge in [-0.15, -0.1) is 0 Å². The number of nitrogens with one attached hydrogen (secondary N) is 2. The molecule has 168 valence electrons. The number of carbonyl (C=O) groups excluding carboxylic acids is 1. The molecule has 0 saturated heterocycles. The Morgan fingerprint density at radius 2 is 1.88 bits per heavy atom. The van der Waals surface area contributed by atoms with Crippen molar-refractivity contribution in [1.29, 1.82) is 0 Å². The van der Waals surface area contributed by atoms with Gasteiger partial charge in [-0.25, -0.2) is 8.42 Å². The van der Waals surface area contributed by atoms with Crippen molar-refractivity contribution in [3.05, 3.63) is 72.8 Å². The van der Waals surface area contributed by atoms with Crippen molar-refractivity contribution < 1.29 is 17.9 Å². The van der Waals surface area contributed by atoms with Crippen LogP contribution < -0.4 is 14.4 Å². The predicted molar refractivity (Wildman–Crippen MR) is 129 cm³/mol. The van der Waals surface area contributed by atoms with E-state index in [0.717, 1.165) is 22.2 Å². The maximum Gasteiger partial charge on any atom is 0.261 e. The lowest BCUT2D eigenvalue weighted by atomic mass is 10.1. The molecule has 1 amide bonds.